The van der Waals surface area contributed by atoms with Crippen molar-refractivity contribution in [2.24, 2.45) is 7.05 Å². The number of morpholine rings is 1. The molecule has 3 rings (SSSR count). The molecule has 0 aliphatic carbocycles. The molecule has 27 heavy (non-hydrogen) atoms. The molecule has 2 amide bonds. The van der Waals surface area contributed by atoms with Crippen LogP contribution in [-0.4, -0.2) is 58.9 Å². The monoisotopic (exact) mass is 371 g/mol. The fourth-order valence-electron chi connectivity index (χ4n) is 3.36. The van der Waals surface area contributed by atoms with E-state index in [4.69, 9.17) is 4.74 Å². The van der Waals surface area contributed by atoms with Gasteiger partial charge in [-0.05, 0) is 19.4 Å². The smallest absolute Gasteiger partial charge is 0.315 e. The van der Waals surface area contributed by atoms with E-state index in [2.05, 4.69) is 34.4 Å². The Bertz CT molecular complexity index is 738. The number of aromatic nitrogens is 2. The lowest BCUT2D eigenvalue weighted by molar-refractivity contribution is -0.00876. The largest absolute Gasteiger partial charge is 0.379 e. The fourth-order valence-corrected chi connectivity index (χ4v) is 3.36. The van der Waals surface area contributed by atoms with Crippen molar-refractivity contribution in [2.75, 3.05) is 32.8 Å². The number of carbonyl (C=O) groups excluding carboxylic acids is 1. The molecular formula is C20H29N5O2. The Balaban J connectivity index is 1.65. The number of aryl methyl sites for hydroxylation is 1. The van der Waals surface area contributed by atoms with Gasteiger partial charge < -0.3 is 19.9 Å². The van der Waals surface area contributed by atoms with Gasteiger partial charge in [0.25, 0.3) is 0 Å². The topological polar surface area (TPSA) is 71.4 Å². The number of urea groups is 1. The third-order valence-corrected chi connectivity index (χ3v) is 5.07. The van der Waals surface area contributed by atoms with Crippen LogP contribution >= 0.6 is 0 Å². The molecule has 1 aromatic heterocycles. The third kappa shape index (κ3) is 4.87. The van der Waals surface area contributed by atoms with E-state index in [-0.39, 0.29) is 17.6 Å². The van der Waals surface area contributed by atoms with Crippen molar-refractivity contribution in [3.63, 3.8) is 0 Å². The van der Waals surface area contributed by atoms with Gasteiger partial charge in [0.15, 0.2) is 0 Å². The van der Waals surface area contributed by atoms with E-state index in [1.807, 2.05) is 48.1 Å². The molecular weight excluding hydrogens is 342 g/mol. The quantitative estimate of drug-likeness (QED) is 0.814. The standard InChI is InChI=1S/C20H29N5O2/c1-20(2,25-11-13-27-14-12-25)15-22-19(26)23-17(16-7-5-4-6-8-16)18-21-9-10-24(18)3/h4-10,17H,11-15H2,1-3H3,(H2,22,23,26). The Labute approximate surface area is 160 Å². The molecule has 0 bridgehead atoms. The molecule has 1 saturated heterocycles. The van der Waals surface area contributed by atoms with E-state index in [1.54, 1.807) is 6.20 Å². The van der Waals surface area contributed by atoms with Crippen LogP contribution in [0.3, 0.4) is 0 Å². The predicted octanol–water partition coefficient (Wildman–Crippen LogP) is 1.92. The molecule has 1 fully saturated rings. The van der Waals surface area contributed by atoms with E-state index >= 15 is 0 Å². The molecule has 0 spiro atoms. The van der Waals surface area contributed by atoms with E-state index in [0.717, 1.165) is 37.7 Å². The number of amides is 2. The molecule has 2 N–H and O–H groups in total. The zero-order valence-electron chi connectivity index (χ0n) is 16.3. The molecule has 2 aromatic rings. The highest BCUT2D eigenvalue weighted by Crippen LogP contribution is 2.20. The highest BCUT2D eigenvalue weighted by Gasteiger charge is 2.29. The molecule has 146 valence electrons. The summed E-state index contributed by atoms with van der Waals surface area (Å²) in [5.41, 5.74) is 0.862. The Morgan fingerprint density at radius 2 is 1.96 bits per heavy atom. The number of hydrogen-bond donors (Lipinski definition) is 2. The van der Waals surface area contributed by atoms with Crippen molar-refractivity contribution < 1.29 is 9.53 Å². The first kappa shape index (κ1) is 19.4. The maximum Gasteiger partial charge on any atom is 0.315 e. The third-order valence-electron chi connectivity index (χ3n) is 5.07. The second-order valence-corrected chi connectivity index (χ2v) is 7.48. The van der Waals surface area contributed by atoms with Crippen LogP contribution < -0.4 is 10.6 Å². The van der Waals surface area contributed by atoms with Crippen molar-refractivity contribution in [3.05, 3.63) is 54.1 Å². The summed E-state index contributed by atoms with van der Waals surface area (Å²) in [6.07, 6.45) is 3.62. The first-order chi connectivity index (χ1) is 13.0. The molecule has 2 heterocycles. The number of carbonyl (C=O) groups is 1. The summed E-state index contributed by atoms with van der Waals surface area (Å²) in [5.74, 6) is 0.795. The first-order valence-corrected chi connectivity index (χ1v) is 9.37. The SMILES string of the molecule is Cn1ccnc1C(NC(=O)NCC(C)(C)N1CCOCC1)c1ccccc1. The van der Waals surface area contributed by atoms with Crippen LogP contribution in [0.1, 0.15) is 31.3 Å². The number of benzene rings is 1. The van der Waals surface area contributed by atoms with Gasteiger partial charge in [0.05, 0.1) is 13.2 Å². The molecule has 1 atom stereocenters. The summed E-state index contributed by atoms with van der Waals surface area (Å²) in [4.78, 5) is 19.4. The molecule has 1 aliphatic rings. The van der Waals surface area contributed by atoms with Crippen molar-refractivity contribution in [3.8, 4) is 0 Å². The van der Waals surface area contributed by atoms with Crippen molar-refractivity contribution in [1.29, 1.82) is 0 Å². The highest BCUT2D eigenvalue weighted by molar-refractivity contribution is 5.75. The summed E-state index contributed by atoms with van der Waals surface area (Å²) < 4.78 is 7.35. The lowest BCUT2D eigenvalue weighted by atomic mass is 10.0. The van der Waals surface area contributed by atoms with Gasteiger partial charge in [-0.1, -0.05) is 30.3 Å². The Morgan fingerprint density at radius 3 is 2.59 bits per heavy atom. The Kier molecular flexibility index (Phi) is 6.13. The number of hydrogen-bond acceptors (Lipinski definition) is 4. The number of ether oxygens (including phenoxy) is 1. The van der Waals surface area contributed by atoms with Gasteiger partial charge >= 0.3 is 6.03 Å². The van der Waals surface area contributed by atoms with Crippen molar-refractivity contribution in [2.45, 2.75) is 25.4 Å². The number of nitrogens with zero attached hydrogens (tertiary/aromatic N) is 3. The molecule has 1 aromatic carbocycles. The van der Waals surface area contributed by atoms with Gasteiger partial charge in [0.2, 0.25) is 0 Å². The van der Waals surface area contributed by atoms with Crippen LogP contribution in [0.25, 0.3) is 0 Å². The summed E-state index contributed by atoms with van der Waals surface area (Å²) in [6.45, 7) is 8.10. The Hall–Kier alpha value is -2.38. The maximum absolute atomic E-state index is 12.7. The van der Waals surface area contributed by atoms with E-state index < -0.39 is 0 Å². The lowest BCUT2D eigenvalue weighted by Crippen LogP contribution is -2.56. The number of nitrogens with one attached hydrogen (secondary N) is 2. The van der Waals surface area contributed by atoms with Gasteiger partial charge in [0.1, 0.15) is 11.9 Å². The average molecular weight is 371 g/mol. The summed E-state index contributed by atoms with van der Waals surface area (Å²) in [7, 11) is 1.93. The van der Waals surface area contributed by atoms with Gasteiger partial charge in [-0.3, -0.25) is 4.90 Å². The van der Waals surface area contributed by atoms with Crippen molar-refractivity contribution >= 4 is 6.03 Å². The number of rotatable bonds is 6. The van der Waals surface area contributed by atoms with Crippen LogP contribution in [0, 0.1) is 0 Å². The normalized spacial score (nSPS) is 16.7. The van der Waals surface area contributed by atoms with Gasteiger partial charge in [0, 0.05) is 44.6 Å². The molecule has 0 radical (unpaired) electrons. The predicted molar refractivity (Wildman–Crippen MR) is 104 cm³/mol. The zero-order chi connectivity index (χ0) is 19.3. The fraction of sp³-hybridized carbons (Fsp3) is 0.500. The second kappa shape index (κ2) is 8.54. The summed E-state index contributed by atoms with van der Waals surface area (Å²) in [5, 5.41) is 6.11. The molecule has 1 aliphatic heterocycles. The minimum absolute atomic E-state index is 0.132. The molecule has 7 heteroatoms. The number of imidazole rings is 1. The second-order valence-electron chi connectivity index (χ2n) is 7.48. The van der Waals surface area contributed by atoms with Crippen molar-refractivity contribution in [1.82, 2.24) is 25.1 Å². The highest BCUT2D eigenvalue weighted by atomic mass is 16.5. The van der Waals surface area contributed by atoms with E-state index in [1.165, 1.54) is 0 Å². The van der Waals surface area contributed by atoms with Gasteiger partial charge in [-0.2, -0.15) is 0 Å². The van der Waals surface area contributed by atoms with Crippen LogP contribution in [0.4, 0.5) is 4.79 Å². The van der Waals surface area contributed by atoms with Gasteiger partial charge in [-0.25, -0.2) is 9.78 Å². The van der Waals surface area contributed by atoms with E-state index in [0.29, 0.717) is 6.54 Å². The average Bonchev–Trinajstić information content (AvgIpc) is 3.11. The molecule has 0 saturated carbocycles. The van der Waals surface area contributed by atoms with Crippen LogP contribution in [-0.2, 0) is 11.8 Å². The van der Waals surface area contributed by atoms with Gasteiger partial charge in [-0.15, -0.1) is 0 Å². The summed E-state index contributed by atoms with van der Waals surface area (Å²) >= 11 is 0. The minimum atomic E-state index is -0.308. The lowest BCUT2D eigenvalue weighted by Gasteiger charge is -2.40. The van der Waals surface area contributed by atoms with Crippen LogP contribution in [0.15, 0.2) is 42.7 Å². The Morgan fingerprint density at radius 1 is 1.26 bits per heavy atom. The van der Waals surface area contributed by atoms with Crippen LogP contribution in [0.5, 0.6) is 0 Å². The van der Waals surface area contributed by atoms with E-state index in [9.17, 15) is 4.79 Å². The first-order valence-electron chi connectivity index (χ1n) is 9.37. The minimum Gasteiger partial charge on any atom is -0.379 e. The molecule has 7 nitrogen and oxygen atoms in total. The summed E-state index contributed by atoms with van der Waals surface area (Å²) in [6, 6.07) is 9.38. The maximum atomic E-state index is 12.7. The zero-order valence-corrected chi connectivity index (χ0v) is 16.3. The van der Waals surface area contributed by atoms with Crippen LogP contribution in [0.2, 0.25) is 0 Å². The molecule has 1 unspecified atom stereocenters.